The normalized spacial score (nSPS) is 17.1. The van der Waals surface area contributed by atoms with Gasteiger partial charge in [0.2, 0.25) is 0 Å². The zero-order valence-electron chi connectivity index (χ0n) is 10.7. The van der Waals surface area contributed by atoms with Crippen LogP contribution in [0.3, 0.4) is 0 Å². The zero-order valence-corrected chi connectivity index (χ0v) is 11.6. The Hall–Kier alpha value is -0.0900. The molecule has 2 atom stereocenters. The lowest BCUT2D eigenvalue weighted by Gasteiger charge is -2.22. The van der Waals surface area contributed by atoms with Gasteiger partial charge < -0.3 is 5.32 Å². The Morgan fingerprint density at radius 2 is 1.47 bits per heavy atom. The molecular weight excluding hydrogens is 210 g/mol. The lowest BCUT2D eigenvalue weighted by Crippen LogP contribution is -2.40. The standard InChI is InChI=1S/C11H25NO2S/c1-8(2)11(6)15(13,14)10(5)7-12-9(3)4/h8-12H,7H2,1-6H3. The van der Waals surface area contributed by atoms with E-state index in [0.29, 0.717) is 12.6 Å². The van der Waals surface area contributed by atoms with E-state index in [1.165, 1.54) is 0 Å². The fraction of sp³-hybridized carbons (Fsp3) is 1.00. The maximum Gasteiger partial charge on any atom is 0.156 e. The second-order valence-electron chi connectivity index (χ2n) is 4.91. The van der Waals surface area contributed by atoms with E-state index in [9.17, 15) is 8.42 Å². The highest BCUT2D eigenvalue weighted by atomic mass is 32.2. The summed E-state index contributed by atoms with van der Waals surface area (Å²) >= 11 is 0. The summed E-state index contributed by atoms with van der Waals surface area (Å²) < 4.78 is 24.1. The molecule has 0 aromatic rings. The first-order valence-electron chi connectivity index (χ1n) is 5.65. The van der Waals surface area contributed by atoms with Gasteiger partial charge in [-0.25, -0.2) is 8.42 Å². The maximum absolute atomic E-state index is 12.0. The Balaban J connectivity index is 4.46. The van der Waals surface area contributed by atoms with Crippen LogP contribution in [0.4, 0.5) is 0 Å². The van der Waals surface area contributed by atoms with Gasteiger partial charge in [-0.2, -0.15) is 0 Å². The molecule has 0 spiro atoms. The molecule has 0 saturated carbocycles. The van der Waals surface area contributed by atoms with E-state index in [1.807, 2.05) is 27.7 Å². The van der Waals surface area contributed by atoms with Crippen molar-refractivity contribution in [3.8, 4) is 0 Å². The Morgan fingerprint density at radius 1 is 1.00 bits per heavy atom. The molecule has 0 heterocycles. The third kappa shape index (κ3) is 4.51. The van der Waals surface area contributed by atoms with Gasteiger partial charge in [-0.1, -0.05) is 27.7 Å². The van der Waals surface area contributed by atoms with Crippen LogP contribution in [0.1, 0.15) is 41.5 Å². The Morgan fingerprint density at radius 3 is 1.80 bits per heavy atom. The number of sulfone groups is 1. The Labute approximate surface area is 94.6 Å². The summed E-state index contributed by atoms with van der Waals surface area (Å²) in [5, 5.41) is 2.60. The topological polar surface area (TPSA) is 46.2 Å². The number of hydrogen-bond donors (Lipinski definition) is 1. The van der Waals surface area contributed by atoms with Gasteiger partial charge in [0, 0.05) is 12.6 Å². The molecule has 2 unspecified atom stereocenters. The van der Waals surface area contributed by atoms with Crippen molar-refractivity contribution in [2.75, 3.05) is 6.54 Å². The molecule has 0 rings (SSSR count). The molecule has 0 aromatic carbocycles. The van der Waals surface area contributed by atoms with E-state index >= 15 is 0 Å². The van der Waals surface area contributed by atoms with Crippen molar-refractivity contribution in [2.45, 2.75) is 58.1 Å². The molecule has 92 valence electrons. The molecule has 0 radical (unpaired) electrons. The van der Waals surface area contributed by atoms with E-state index < -0.39 is 9.84 Å². The molecule has 0 aromatic heterocycles. The monoisotopic (exact) mass is 235 g/mol. The summed E-state index contributed by atoms with van der Waals surface area (Å²) in [6, 6.07) is 0.331. The second-order valence-corrected chi connectivity index (χ2v) is 7.64. The largest absolute Gasteiger partial charge is 0.313 e. The summed E-state index contributed by atoms with van der Waals surface area (Å²) in [5.41, 5.74) is 0. The molecule has 15 heavy (non-hydrogen) atoms. The van der Waals surface area contributed by atoms with Crippen LogP contribution in [-0.2, 0) is 9.84 Å². The number of nitrogens with one attached hydrogen (secondary N) is 1. The minimum Gasteiger partial charge on any atom is -0.313 e. The summed E-state index contributed by atoms with van der Waals surface area (Å²) in [6.07, 6.45) is 0. The minimum absolute atomic E-state index is 0.177. The van der Waals surface area contributed by atoms with E-state index in [-0.39, 0.29) is 16.4 Å². The lowest BCUT2D eigenvalue weighted by atomic mass is 10.2. The van der Waals surface area contributed by atoms with Crippen LogP contribution in [0.25, 0.3) is 0 Å². The van der Waals surface area contributed by atoms with Crippen molar-refractivity contribution in [3.63, 3.8) is 0 Å². The third-order valence-electron chi connectivity index (χ3n) is 2.83. The first-order chi connectivity index (χ1) is 6.69. The molecule has 0 aliphatic carbocycles. The highest BCUT2D eigenvalue weighted by molar-refractivity contribution is 7.92. The van der Waals surface area contributed by atoms with E-state index in [4.69, 9.17) is 0 Å². The lowest BCUT2D eigenvalue weighted by molar-refractivity contribution is 0.519. The summed E-state index contributed by atoms with van der Waals surface area (Å²) in [4.78, 5) is 0. The van der Waals surface area contributed by atoms with Crippen molar-refractivity contribution < 1.29 is 8.42 Å². The SMILES string of the molecule is CC(C)NCC(C)S(=O)(=O)C(C)C(C)C. The summed E-state index contributed by atoms with van der Waals surface area (Å²) in [5.74, 6) is 0.177. The van der Waals surface area contributed by atoms with Gasteiger partial charge in [0.15, 0.2) is 9.84 Å². The maximum atomic E-state index is 12.0. The van der Waals surface area contributed by atoms with Gasteiger partial charge in [-0.15, -0.1) is 0 Å². The van der Waals surface area contributed by atoms with Gasteiger partial charge >= 0.3 is 0 Å². The fourth-order valence-corrected chi connectivity index (χ4v) is 3.08. The summed E-state index contributed by atoms with van der Waals surface area (Å²) in [7, 11) is -3.00. The Kier molecular flexibility index (Phi) is 5.81. The number of rotatable bonds is 6. The third-order valence-corrected chi connectivity index (χ3v) is 5.70. The van der Waals surface area contributed by atoms with E-state index in [1.54, 1.807) is 13.8 Å². The van der Waals surface area contributed by atoms with Crippen LogP contribution in [0.15, 0.2) is 0 Å². The van der Waals surface area contributed by atoms with Crippen molar-refractivity contribution in [3.05, 3.63) is 0 Å². The second kappa shape index (κ2) is 5.85. The van der Waals surface area contributed by atoms with Crippen LogP contribution in [0, 0.1) is 5.92 Å². The fourth-order valence-electron chi connectivity index (χ4n) is 1.26. The molecule has 0 amide bonds. The smallest absolute Gasteiger partial charge is 0.156 e. The number of hydrogen-bond acceptors (Lipinski definition) is 3. The highest BCUT2D eigenvalue weighted by Gasteiger charge is 2.29. The van der Waals surface area contributed by atoms with Crippen molar-refractivity contribution in [1.82, 2.24) is 5.32 Å². The van der Waals surface area contributed by atoms with Gasteiger partial charge in [-0.3, -0.25) is 0 Å². The minimum atomic E-state index is -3.00. The van der Waals surface area contributed by atoms with Crippen LogP contribution in [-0.4, -0.2) is 31.5 Å². The first-order valence-corrected chi connectivity index (χ1v) is 7.26. The van der Waals surface area contributed by atoms with E-state index in [0.717, 1.165) is 0 Å². The van der Waals surface area contributed by atoms with Gasteiger partial charge in [0.1, 0.15) is 0 Å². The molecule has 0 bridgehead atoms. The Bertz CT molecular complexity index is 270. The van der Waals surface area contributed by atoms with Crippen molar-refractivity contribution >= 4 is 9.84 Å². The first kappa shape index (κ1) is 14.9. The summed E-state index contributed by atoms with van der Waals surface area (Å²) in [6.45, 7) is 12.1. The molecule has 0 saturated heterocycles. The predicted molar refractivity (Wildman–Crippen MR) is 65.8 cm³/mol. The van der Waals surface area contributed by atoms with E-state index in [2.05, 4.69) is 5.32 Å². The van der Waals surface area contributed by atoms with Gasteiger partial charge in [-0.05, 0) is 19.8 Å². The van der Waals surface area contributed by atoms with Crippen LogP contribution in [0.2, 0.25) is 0 Å². The van der Waals surface area contributed by atoms with Crippen LogP contribution < -0.4 is 5.32 Å². The zero-order chi connectivity index (χ0) is 12.2. The molecule has 1 N–H and O–H groups in total. The van der Waals surface area contributed by atoms with Crippen LogP contribution >= 0.6 is 0 Å². The van der Waals surface area contributed by atoms with Crippen molar-refractivity contribution in [1.29, 1.82) is 0 Å². The molecule has 0 aliphatic rings. The van der Waals surface area contributed by atoms with Gasteiger partial charge in [0.25, 0.3) is 0 Å². The van der Waals surface area contributed by atoms with Crippen molar-refractivity contribution in [2.24, 2.45) is 5.92 Å². The van der Waals surface area contributed by atoms with Crippen LogP contribution in [0.5, 0.6) is 0 Å². The molecule has 3 nitrogen and oxygen atoms in total. The molecular formula is C11H25NO2S. The molecule has 0 aliphatic heterocycles. The van der Waals surface area contributed by atoms with Gasteiger partial charge in [0.05, 0.1) is 10.5 Å². The average molecular weight is 235 g/mol. The highest BCUT2D eigenvalue weighted by Crippen LogP contribution is 2.16. The quantitative estimate of drug-likeness (QED) is 0.764. The average Bonchev–Trinajstić information content (AvgIpc) is 2.12. The predicted octanol–water partition coefficient (Wildman–Crippen LogP) is 1.83. The molecule has 4 heteroatoms. The molecule has 0 fully saturated rings.